The molecule has 7 heteroatoms. The maximum Gasteiger partial charge on any atom is 0.226 e. The Bertz CT molecular complexity index is 909. The highest BCUT2D eigenvalue weighted by Crippen LogP contribution is 2.21. The second-order valence-corrected chi connectivity index (χ2v) is 6.80. The number of aromatic nitrogens is 2. The molecule has 0 aliphatic heterocycles. The topological polar surface area (TPSA) is 68.0 Å². The smallest absolute Gasteiger partial charge is 0.226 e. The van der Waals surface area contributed by atoms with Crippen molar-refractivity contribution in [3.63, 3.8) is 0 Å². The molecule has 1 N–H and O–H groups in total. The molecule has 2 aromatic carbocycles. The van der Waals surface area contributed by atoms with Gasteiger partial charge in [-0.25, -0.2) is 4.39 Å². The number of halogens is 2. The number of benzene rings is 2. The molecule has 134 valence electrons. The van der Waals surface area contributed by atoms with Crippen LogP contribution in [0.2, 0.25) is 0 Å². The Labute approximate surface area is 158 Å². The Balaban J connectivity index is 1.51. The van der Waals surface area contributed by atoms with Gasteiger partial charge in [0.2, 0.25) is 17.6 Å². The third-order valence-corrected chi connectivity index (χ3v) is 4.33. The molecule has 0 spiro atoms. The Morgan fingerprint density at radius 3 is 2.77 bits per heavy atom. The van der Waals surface area contributed by atoms with Crippen molar-refractivity contribution in [1.29, 1.82) is 0 Å². The lowest BCUT2D eigenvalue weighted by Gasteiger charge is -2.08. The van der Waals surface area contributed by atoms with Gasteiger partial charge in [-0.05, 0) is 55.3 Å². The summed E-state index contributed by atoms with van der Waals surface area (Å²) in [7, 11) is 0. The molecule has 0 saturated carbocycles. The Morgan fingerprint density at radius 2 is 2.00 bits per heavy atom. The fourth-order valence-electron chi connectivity index (χ4n) is 2.41. The van der Waals surface area contributed by atoms with Gasteiger partial charge in [0.15, 0.2) is 0 Å². The van der Waals surface area contributed by atoms with Crippen LogP contribution in [0.4, 0.5) is 10.1 Å². The molecular weight excluding hydrogens is 401 g/mol. The summed E-state index contributed by atoms with van der Waals surface area (Å²) in [4.78, 5) is 16.4. The molecule has 0 aliphatic carbocycles. The number of hydrogen-bond donors (Lipinski definition) is 1. The summed E-state index contributed by atoms with van der Waals surface area (Å²) in [5.41, 5.74) is 2.48. The molecule has 0 bridgehead atoms. The zero-order valence-electron chi connectivity index (χ0n) is 14.1. The maximum absolute atomic E-state index is 12.9. The molecule has 5 nitrogen and oxygen atoms in total. The largest absolute Gasteiger partial charge is 0.339 e. The molecule has 26 heavy (non-hydrogen) atoms. The number of carbonyl (C=O) groups excluding carboxylic acids is 1. The molecule has 3 aromatic rings. The van der Waals surface area contributed by atoms with Gasteiger partial charge in [0.05, 0.1) is 0 Å². The van der Waals surface area contributed by atoms with E-state index < -0.39 is 0 Å². The monoisotopic (exact) mass is 417 g/mol. The van der Waals surface area contributed by atoms with E-state index >= 15 is 0 Å². The Morgan fingerprint density at radius 1 is 1.23 bits per heavy atom. The lowest BCUT2D eigenvalue weighted by molar-refractivity contribution is -0.116. The SMILES string of the molecule is Cc1ccc(Br)cc1NC(=O)CCCc1nc(-c2ccc(F)cc2)no1. The zero-order chi connectivity index (χ0) is 18.5. The van der Waals surface area contributed by atoms with E-state index in [1.54, 1.807) is 12.1 Å². The van der Waals surface area contributed by atoms with Crippen LogP contribution in [0, 0.1) is 12.7 Å². The van der Waals surface area contributed by atoms with Crippen LogP contribution in [0.1, 0.15) is 24.3 Å². The molecule has 1 heterocycles. The lowest BCUT2D eigenvalue weighted by atomic mass is 10.2. The van der Waals surface area contributed by atoms with Gasteiger partial charge in [-0.1, -0.05) is 27.2 Å². The van der Waals surface area contributed by atoms with Gasteiger partial charge in [0.1, 0.15) is 5.82 Å². The van der Waals surface area contributed by atoms with Crippen molar-refractivity contribution in [3.05, 3.63) is 64.2 Å². The zero-order valence-corrected chi connectivity index (χ0v) is 15.7. The van der Waals surface area contributed by atoms with E-state index in [0.29, 0.717) is 36.5 Å². The van der Waals surface area contributed by atoms with Crippen molar-refractivity contribution in [2.24, 2.45) is 0 Å². The van der Waals surface area contributed by atoms with E-state index in [2.05, 4.69) is 31.4 Å². The predicted octanol–water partition coefficient (Wildman–Crippen LogP) is 4.91. The standard InChI is InChI=1S/C19H17BrFN3O2/c1-12-5-8-14(20)11-16(12)22-17(25)3-2-4-18-23-19(24-26-18)13-6-9-15(21)10-7-13/h5-11H,2-4H2,1H3,(H,22,25). The molecule has 0 atom stereocenters. The van der Waals surface area contributed by atoms with E-state index in [4.69, 9.17) is 4.52 Å². The van der Waals surface area contributed by atoms with Crippen molar-refractivity contribution in [2.45, 2.75) is 26.2 Å². The van der Waals surface area contributed by atoms with Gasteiger partial charge in [-0.2, -0.15) is 4.98 Å². The summed E-state index contributed by atoms with van der Waals surface area (Å²) in [6.45, 7) is 1.94. The van der Waals surface area contributed by atoms with Crippen LogP contribution in [-0.2, 0) is 11.2 Å². The van der Waals surface area contributed by atoms with Crippen molar-refractivity contribution in [2.75, 3.05) is 5.32 Å². The molecular formula is C19H17BrFN3O2. The van der Waals surface area contributed by atoms with Crippen molar-refractivity contribution in [3.8, 4) is 11.4 Å². The van der Waals surface area contributed by atoms with Gasteiger partial charge in [0.25, 0.3) is 0 Å². The van der Waals surface area contributed by atoms with Gasteiger partial charge in [-0.3, -0.25) is 4.79 Å². The summed E-state index contributed by atoms with van der Waals surface area (Å²) >= 11 is 3.40. The highest BCUT2D eigenvalue weighted by atomic mass is 79.9. The van der Waals surface area contributed by atoms with Crippen molar-refractivity contribution >= 4 is 27.5 Å². The first-order valence-electron chi connectivity index (χ1n) is 8.16. The number of anilines is 1. The molecule has 3 rings (SSSR count). The Kier molecular flexibility index (Phi) is 5.78. The molecule has 0 saturated heterocycles. The summed E-state index contributed by atoms with van der Waals surface area (Å²) in [6.07, 6.45) is 1.43. The minimum absolute atomic E-state index is 0.0653. The number of rotatable bonds is 6. The first kappa shape index (κ1) is 18.3. The normalized spacial score (nSPS) is 10.7. The van der Waals surface area contributed by atoms with Crippen LogP contribution < -0.4 is 5.32 Å². The van der Waals surface area contributed by atoms with Gasteiger partial charge in [-0.15, -0.1) is 0 Å². The van der Waals surface area contributed by atoms with Crippen LogP contribution >= 0.6 is 15.9 Å². The van der Waals surface area contributed by atoms with Crippen LogP contribution in [0.15, 0.2) is 51.5 Å². The molecule has 0 fully saturated rings. The van der Waals surface area contributed by atoms with Gasteiger partial charge < -0.3 is 9.84 Å². The second-order valence-electron chi connectivity index (χ2n) is 5.88. The number of nitrogens with one attached hydrogen (secondary N) is 1. The number of aryl methyl sites for hydroxylation is 2. The fraction of sp³-hybridized carbons (Fsp3) is 0.211. The third-order valence-electron chi connectivity index (χ3n) is 3.84. The van der Waals surface area contributed by atoms with E-state index in [1.165, 1.54) is 12.1 Å². The molecule has 1 aromatic heterocycles. The van der Waals surface area contributed by atoms with Crippen LogP contribution in [0.3, 0.4) is 0 Å². The first-order chi connectivity index (χ1) is 12.5. The number of nitrogens with zero attached hydrogens (tertiary/aromatic N) is 2. The van der Waals surface area contributed by atoms with E-state index in [9.17, 15) is 9.18 Å². The van der Waals surface area contributed by atoms with Gasteiger partial charge in [0, 0.05) is 28.6 Å². The van der Waals surface area contributed by atoms with E-state index in [0.717, 1.165) is 15.7 Å². The highest BCUT2D eigenvalue weighted by Gasteiger charge is 2.10. The maximum atomic E-state index is 12.9. The summed E-state index contributed by atoms with van der Waals surface area (Å²) < 4.78 is 19.1. The van der Waals surface area contributed by atoms with Gasteiger partial charge >= 0.3 is 0 Å². The second kappa shape index (κ2) is 8.23. The minimum Gasteiger partial charge on any atom is -0.339 e. The number of hydrogen-bond acceptors (Lipinski definition) is 4. The quantitative estimate of drug-likeness (QED) is 0.618. The molecule has 1 amide bonds. The van der Waals surface area contributed by atoms with Crippen molar-refractivity contribution in [1.82, 2.24) is 10.1 Å². The summed E-state index contributed by atoms with van der Waals surface area (Å²) in [6, 6.07) is 11.6. The average molecular weight is 418 g/mol. The third kappa shape index (κ3) is 4.76. The first-order valence-corrected chi connectivity index (χ1v) is 8.95. The van der Waals surface area contributed by atoms with E-state index in [-0.39, 0.29) is 11.7 Å². The van der Waals surface area contributed by atoms with Crippen LogP contribution in [0.25, 0.3) is 11.4 Å². The fourth-order valence-corrected chi connectivity index (χ4v) is 2.78. The van der Waals surface area contributed by atoms with Crippen molar-refractivity contribution < 1.29 is 13.7 Å². The lowest BCUT2D eigenvalue weighted by Crippen LogP contribution is -2.12. The molecule has 0 radical (unpaired) electrons. The van der Waals surface area contributed by atoms with E-state index in [1.807, 2.05) is 25.1 Å². The van der Waals surface area contributed by atoms with Crippen LogP contribution in [-0.4, -0.2) is 16.0 Å². The Hall–Kier alpha value is -2.54. The number of carbonyl (C=O) groups is 1. The predicted molar refractivity (Wildman–Crippen MR) is 100 cm³/mol. The molecule has 0 unspecified atom stereocenters. The average Bonchev–Trinajstić information content (AvgIpc) is 3.08. The molecule has 0 aliphatic rings. The minimum atomic E-state index is -0.316. The number of amides is 1. The summed E-state index contributed by atoms with van der Waals surface area (Å²) in [5, 5.41) is 6.79. The summed E-state index contributed by atoms with van der Waals surface area (Å²) in [5.74, 6) is 0.485. The highest BCUT2D eigenvalue weighted by molar-refractivity contribution is 9.10. The van der Waals surface area contributed by atoms with Crippen LogP contribution in [0.5, 0.6) is 0 Å².